The fourth-order valence-electron chi connectivity index (χ4n) is 1.24. The third-order valence-electron chi connectivity index (χ3n) is 2.30. The van der Waals surface area contributed by atoms with Crippen LogP contribution in [0.3, 0.4) is 0 Å². The summed E-state index contributed by atoms with van der Waals surface area (Å²) in [5.41, 5.74) is 6.02. The van der Waals surface area contributed by atoms with Crippen LogP contribution >= 0.6 is 0 Å². The summed E-state index contributed by atoms with van der Waals surface area (Å²) in [5.74, 6) is 0.578. The molecule has 0 fully saturated rings. The summed E-state index contributed by atoms with van der Waals surface area (Å²) in [5, 5.41) is 0. The zero-order chi connectivity index (χ0) is 11.4. The Morgan fingerprint density at radius 3 is 2.00 bits per heavy atom. The van der Waals surface area contributed by atoms with Crippen molar-refractivity contribution in [2.24, 2.45) is 5.73 Å². The van der Waals surface area contributed by atoms with E-state index < -0.39 is 0 Å². The van der Waals surface area contributed by atoms with Gasteiger partial charge < -0.3 is 15.2 Å². The first-order chi connectivity index (χ1) is 7.08. The molecule has 0 spiro atoms. The minimum atomic E-state index is -0.370. The van der Waals surface area contributed by atoms with Crippen LogP contribution in [0.2, 0.25) is 0 Å². The van der Waals surface area contributed by atoms with Gasteiger partial charge in [0.15, 0.2) is 0 Å². The number of nitrogens with two attached hydrogens (primary N) is 1. The molecule has 0 saturated heterocycles. The van der Waals surface area contributed by atoms with Crippen LogP contribution in [0.1, 0.15) is 18.4 Å². The molecule has 4 nitrogen and oxygen atoms in total. The molecule has 0 aromatic heterocycles. The third-order valence-corrected chi connectivity index (χ3v) is 2.30. The van der Waals surface area contributed by atoms with Crippen LogP contribution in [0.4, 0.5) is 0 Å². The predicted molar refractivity (Wildman–Crippen MR) is 57.2 cm³/mol. The van der Waals surface area contributed by atoms with E-state index in [-0.39, 0.29) is 11.8 Å². The van der Waals surface area contributed by atoms with Gasteiger partial charge in [0.05, 0.1) is 20.1 Å². The van der Waals surface area contributed by atoms with E-state index in [1.165, 1.54) is 0 Å². The topological polar surface area (TPSA) is 61.6 Å². The number of carbonyl (C=O) groups is 1. The zero-order valence-electron chi connectivity index (χ0n) is 9.11. The smallest absolute Gasteiger partial charge is 0.224 e. The van der Waals surface area contributed by atoms with E-state index in [1.54, 1.807) is 39.3 Å². The van der Waals surface area contributed by atoms with Gasteiger partial charge in [0.2, 0.25) is 5.91 Å². The number of hydrogen-bond acceptors (Lipinski definition) is 3. The SMILES string of the molecule is COc1cc(OC)cc(C(C)C(N)=O)c1. The van der Waals surface area contributed by atoms with E-state index in [4.69, 9.17) is 15.2 Å². The fourth-order valence-corrected chi connectivity index (χ4v) is 1.24. The molecule has 1 aromatic rings. The number of hydrogen-bond donors (Lipinski definition) is 1. The van der Waals surface area contributed by atoms with Crippen molar-refractivity contribution in [2.75, 3.05) is 14.2 Å². The Balaban J connectivity index is 3.11. The molecule has 1 unspecified atom stereocenters. The lowest BCUT2D eigenvalue weighted by Crippen LogP contribution is -2.18. The van der Waals surface area contributed by atoms with Crippen LogP contribution in [0, 0.1) is 0 Å². The highest BCUT2D eigenvalue weighted by Gasteiger charge is 2.13. The first kappa shape index (κ1) is 11.4. The number of carbonyl (C=O) groups excluding carboxylic acids is 1. The van der Waals surface area contributed by atoms with E-state index in [9.17, 15) is 4.79 Å². The van der Waals surface area contributed by atoms with Crippen LogP contribution < -0.4 is 15.2 Å². The van der Waals surface area contributed by atoms with E-state index in [1.807, 2.05) is 0 Å². The van der Waals surface area contributed by atoms with Gasteiger partial charge in [-0.1, -0.05) is 0 Å². The molecule has 1 rings (SSSR count). The molecule has 4 heteroatoms. The molecular weight excluding hydrogens is 194 g/mol. The highest BCUT2D eigenvalue weighted by molar-refractivity contribution is 5.81. The fraction of sp³-hybridized carbons (Fsp3) is 0.364. The van der Waals surface area contributed by atoms with Gasteiger partial charge in [-0.3, -0.25) is 4.79 Å². The van der Waals surface area contributed by atoms with Gasteiger partial charge in [0, 0.05) is 6.07 Å². The Bertz CT molecular complexity index is 341. The summed E-state index contributed by atoms with van der Waals surface area (Å²) in [6.07, 6.45) is 0. The number of amides is 1. The number of rotatable bonds is 4. The lowest BCUT2D eigenvalue weighted by molar-refractivity contribution is -0.119. The quantitative estimate of drug-likeness (QED) is 0.812. The molecule has 1 amide bonds. The second-order valence-corrected chi connectivity index (χ2v) is 3.27. The minimum absolute atomic E-state index is 0.353. The van der Waals surface area contributed by atoms with Crippen molar-refractivity contribution in [1.29, 1.82) is 0 Å². The molecule has 0 aliphatic carbocycles. The Morgan fingerprint density at radius 2 is 1.67 bits per heavy atom. The van der Waals surface area contributed by atoms with Gasteiger partial charge in [-0.2, -0.15) is 0 Å². The average Bonchev–Trinajstić information content (AvgIpc) is 2.27. The Morgan fingerprint density at radius 1 is 1.20 bits per heavy atom. The van der Waals surface area contributed by atoms with Crippen LogP contribution in [-0.4, -0.2) is 20.1 Å². The van der Waals surface area contributed by atoms with E-state index in [0.717, 1.165) is 5.56 Å². The van der Waals surface area contributed by atoms with Crippen molar-refractivity contribution in [2.45, 2.75) is 12.8 Å². The molecule has 0 saturated carbocycles. The maximum Gasteiger partial charge on any atom is 0.224 e. The van der Waals surface area contributed by atoms with Crippen LogP contribution in [0.5, 0.6) is 11.5 Å². The summed E-state index contributed by atoms with van der Waals surface area (Å²) in [6, 6.07) is 5.30. The summed E-state index contributed by atoms with van der Waals surface area (Å²) < 4.78 is 10.2. The first-order valence-corrected chi connectivity index (χ1v) is 4.60. The maximum absolute atomic E-state index is 11.0. The van der Waals surface area contributed by atoms with Gasteiger partial charge >= 0.3 is 0 Å². The van der Waals surface area contributed by atoms with Gasteiger partial charge in [-0.25, -0.2) is 0 Å². The van der Waals surface area contributed by atoms with Crippen molar-refractivity contribution < 1.29 is 14.3 Å². The number of benzene rings is 1. The normalized spacial score (nSPS) is 11.9. The van der Waals surface area contributed by atoms with E-state index in [0.29, 0.717) is 11.5 Å². The number of methoxy groups -OCH3 is 2. The molecule has 0 aliphatic heterocycles. The standard InChI is InChI=1S/C11H15NO3/c1-7(11(12)13)8-4-9(14-2)6-10(5-8)15-3/h4-7H,1-3H3,(H2,12,13). The van der Waals surface area contributed by atoms with Gasteiger partial charge in [0.1, 0.15) is 11.5 Å². The Kier molecular flexibility index (Phi) is 3.55. The molecule has 0 heterocycles. The highest BCUT2D eigenvalue weighted by atomic mass is 16.5. The summed E-state index contributed by atoms with van der Waals surface area (Å²) in [4.78, 5) is 11.0. The van der Waals surface area contributed by atoms with Crippen molar-refractivity contribution >= 4 is 5.91 Å². The Hall–Kier alpha value is -1.71. The van der Waals surface area contributed by atoms with Crippen molar-refractivity contribution in [1.82, 2.24) is 0 Å². The predicted octanol–water partition coefficient (Wildman–Crippen LogP) is 1.29. The van der Waals surface area contributed by atoms with Crippen molar-refractivity contribution in [3.05, 3.63) is 23.8 Å². The molecule has 1 aromatic carbocycles. The minimum Gasteiger partial charge on any atom is -0.497 e. The summed E-state index contributed by atoms with van der Waals surface area (Å²) in [6.45, 7) is 1.75. The molecule has 0 radical (unpaired) electrons. The number of ether oxygens (including phenoxy) is 2. The van der Waals surface area contributed by atoms with E-state index in [2.05, 4.69) is 0 Å². The first-order valence-electron chi connectivity index (χ1n) is 4.60. The Labute approximate surface area is 89.0 Å². The van der Waals surface area contributed by atoms with Crippen LogP contribution in [0.25, 0.3) is 0 Å². The lowest BCUT2D eigenvalue weighted by atomic mass is 10.0. The van der Waals surface area contributed by atoms with Crippen LogP contribution in [0.15, 0.2) is 18.2 Å². The average molecular weight is 209 g/mol. The zero-order valence-corrected chi connectivity index (χ0v) is 9.11. The summed E-state index contributed by atoms with van der Waals surface area (Å²) in [7, 11) is 3.13. The molecule has 2 N–H and O–H groups in total. The highest BCUT2D eigenvalue weighted by Crippen LogP contribution is 2.27. The number of primary amides is 1. The maximum atomic E-state index is 11.0. The second-order valence-electron chi connectivity index (χ2n) is 3.27. The second kappa shape index (κ2) is 4.68. The third kappa shape index (κ3) is 2.62. The molecule has 82 valence electrons. The summed E-state index contributed by atoms with van der Waals surface area (Å²) >= 11 is 0. The molecule has 1 atom stereocenters. The monoisotopic (exact) mass is 209 g/mol. The molecular formula is C11H15NO3. The molecule has 0 aliphatic rings. The molecule has 15 heavy (non-hydrogen) atoms. The van der Waals surface area contributed by atoms with Crippen LogP contribution in [-0.2, 0) is 4.79 Å². The van der Waals surface area contributed by atoms with Gasteiger partial charge in [-0.05, 0) is 24.6 Å². The van der Waals surface area contributed by atoms with Crippen molar-refractivity contribution in [3.63, 3.8) is 0 Å². The van der Waals surface area contributed by atoms with Gasteiger partial charge in [-0.15, -0.1) is 0 Å². The molecule has 0 bridgehead atoms. The van der Waals surface area contributed by atoms with Gasteiger partial charge in [0.25, 0.3) is 0 Å². The lowest BCUT2D eigenvalue weighted by Gasteiger charge is -2.11. The largest absolute Gasteiger partial charge is 0.497 e. The van der Waals surface area contributed by atoms with Crippen molar-refractivity contribution in [3.8, 4) is 11.5 Å². The van der Waals surface area contributed by atoms with E-state index >= 15 is 0 Å².